The molecule has 0 spiro atoms. The molecule has 120 valence electrons. The van der Waals surface area contributed by atoms with Crippen LogP contribution in [0.1, 0.15) is 12.8 Å². The molecule has 1 unspecified atom stereocenters. The average Bonchev–Trinajstić information content (AvgIpc) is 2.98. The van der Waals surface area contributed by atoms with Crippen LogP contribution in [0.4, 0.5) is 10.5 Å². The number of carbonyl (C=O) groups is 2. The second kappa shape index (κ2) is 6.74. The van der Waals surface area contributed by atoms with Gasteiger partial charge in [0.25, 0.3) is 0 Å². The van der Waals surface area contributed by atoms with Crippen molar-refractivity contribution in [3.05, 3.63) is 17.2 Å². The maximum Gasteiger partial charge on any atom is 0.322 e. The van der Waals surface area contributed by atoms with Crippen LogP contribution in [-0.4, -0.2) is 43.6 Å². The van der Waals surface area contributed by atoms with Crippen LogP contribution in [0.3, 0.4) is 0 Å². The van der Waals surface area contributed by atoms with Crippen LogP contribution < -0.4 is 20.5 Å². The fraction of sp³-hybridized carbons (Fsp3) is 0.429. The van der Waals surface area contributed by atoms with Crippen LogP contribution in [-0.2, 0) is 4.79 Å². The molecule has 7 nitrogen and oxygen atoms in total. The van der Waals surface area contributed by atoms with E-state index in [1.165, 1.54) is 19.1 Å². The number of hydrogen-bond acceptors (Lipinski definition) is 4. The van der Waals surface area contributed by atoms with E-state index in [1.807, 2.05) is 0 Å². The van der Waals surface area contributed by atoms with Crippen molar-refractivity contribution >= 4 is 29.2 Å². The molecule has 0 aliphatic carbocycles. The SMILES string of the molecule is COc1cc(NC(=O)N2CCCC2C(N)=O)c(OC)cc1Cl. The molecule has 1 aliphatic rings. The summed E-state index contributed by atoms with van der Waals surface area (Å²) < 4.78 is 10.3. The van der Waals surface area contributed by atoms with E-state index in [9.17, 15) is 9.59 Å². The third-order valence-corrected chi connectivity index (χ3v) is 3.85. The first-order valence-corrected chi connectivity index (χ1v) is 7.14. The third-order valence-electron chi connectivity index (χ3n) is 3.56. The number of amides is 3. The molecule has 0 bridgehead atoms. The van der Waals surface area contributed by atoms with Gasteiger partial charge in [-0.05, 0) is 12.8 Å². The van der Waals surface area contributed by atoms with Gasteiger partial charge in [-0.1, -0.05) is 11.6 Å². The Morgan fingerprint density at radius 2 is 2.00 bits per heavy atom. The van der Waals surface area contributed by atoms with E-state index in [0.717, 1.165) is 6.42 Å². The summed E-state index contributed by atoms with van der Waals surface area (Å²) in [6.45, 7) is 0.479. The predicted octanol–water partition coefficient (Wildman–Crippen LogP) is 1.84. The van der Waals surface area contributed by atoms with E-state index in [1.54, 1.807) is 12.1 Å². The monoisotopic (exact) mass is 327 g/mol. The number of methoxy groups -OCH3 is 2. The predicted molar refractivity (Wildman–Crippen MR) is 82.5 cm³/mol. The number of ether oxygens (including phenoxy) is 2. The van der Waals surface area contributed by atoms with Crippen molar-refractivity contribution in [3.63, 3.8) is 0 Å². The molecule has 1 atom stereocenters. The second-order valence-electron chi connectivity index (χ2n) is 4.87. The smallest absolute Gasteiger partial charge is 0.322 e. The van der Waals surface area contributed by atoms with Crippen molar-refractivity contribution < 1.29 is 19.1 Å². The van der Waals surface area contributed by atoms with Crippen LogP contribution in [0.5, 0.6) is 11.5 Å². The number of halogens is 1. The number of hydrogen-bond donors (Lipinski definition) is 2. The molecule has 1 aromatic carbocycles. The molecule has 1 fully saturated rings. The van der Waals surface area contributed by atoms with Crippen molar-refractivity contribution in [1.82, 2.24) is 4.90 Å². The van der Waals surface area contributed by atoms with Gasteiger partial charge >= 0.3 is 6.03 Å². The molecule has 0 saturated carbocycles. The molecule has 1 aromatic rings. The Kier molecular flexibility index (Phi) is 4.97. The van der Waals surface area contributed by atoms with E-state index in [4.69, 9.17) is 26.8 Å². The highest BCUT2D eigenvalue weighted by Crippen LogP contribution is 2.36. The summed E-state index contributed by atoms with van der Waals surface area (Å²) in [5.41, 5.74) is 5.72. The molecule has 3 N–H and O–H groups in total. The van der Waals surface area contributed by atoms with Gasteiger partial charge in [-0.2, -0.15) is 0 Å². The minimum atomic E-state index is -0.583. The average molecular weight is 328 g/mol. The third kappa shape index (κ3) is 3.19. The zero-order chi connectivity index (χ0) is 16.3. The highest BCUT2D eigenvalue weighted by Gasteiger charge is 2.33. The summed E-state index contributed by atoms with van der Waals surface area (Å²) in [7, 11) is 2.94. The number of primary amides is 1. The molecule has 3 amide bonds. The minimum Gasteiger partial charge on any atom is -0.495 e. The van der Waals surface area contributed by atoms with E-state index < -0.39 is 18.0 Å². The molecule has 1 heterocycles. The first kappa shape index (κ1) is 16.2. The maximum absolute atomic E-state index is 12.4. The molecule has 1 aliphatic heterocycles. The summed E-state index contributed by atoms with van der Waals surface area (Å²) in [4.78, 5) is 25.2. The highest BCUT2D eigenvalue weighted by molar-refractivity contribution is 6.32. The van der Waals surface area contributed by atoms with Gasteiger partial charge in [0.1, 0.15) is 17.5 Å². The molecular formula is C14H18ClN3O4. The minimum absolute atomic E-state index is 0.369. The van der Waals surface area contributed by atoms with Gasteiger partial charge in [-0.25, -0.2) is 4.79 Å². The lowest BCUT2D eigenvalue weighted by Crippen LogP contribution is -2.45. The van der Waals surface area contributed by atoms with Crippen molar-refractivity contribution in [3.8, 4) is 11.5 Å². The maximum atomic E-state index is 12.4. The number of likely N-dealkylation sites (tertiary alicyclic amines) is 1. The summed E-state index contributed by atoms with van der Waals surface area (Å²) in [5, 5.41) is 3.07. The Balaban J connectivity index is 2.22. The molecule has 22 heavy (non-hydrogen) atoms. The number of rotatable bonds is 4. The number of benzene rings is 1. The Morgan fingerprint density at radius 1 is 1.32 bits per heavy atom. The summed E-state index contributed by atoms with van der Waals surface area (Å²) in [6, 6.07) is 2.11. The topological polar surface area (TPSA) is 93.9 Å². The highest BCUT2D eigenvalue weighted by atomic mass is 35.5. The van der Waals surface area contributed by atoms with Crippen LogP contribution in [0.15, 0.2) is 12.1 Å². The largest absolute Gasteiger partial charge is 0.495 e. The Bertz CT molecular complexity index is 594. The van der Waals surface area contributed by atoms with Gasteiger partial charge in [0.05, 0.1) is 24.9 Å². The quantitative estimate of drug-likeness (QED) is 0.882. The van der Waals surface area contributed by atoms with E-state index in [2.05, 4.69) is 5.32 Å². The second-order valence-corrected chi connectivity index (χ2v) is 5.28. The summed E-state index contributed by atoms with van der Waals surface area (Å²) in [6.07, 6.45) is 1.31. The van der Waals surface area contributed by atoms with Gasteiger partial charge in [0, 0.05) is 18.7 Å². The van der Waals surface area contributed by atoms with E-state index in [-0.39, 0.29) is 0 Å². The van der Waals surface area contributed by atoms with Crippen molar-refractivity contribution in [2.45, 2.75) is 18.9 Å². The van der Waals surface area contributed by atoms with Crippen molar-refractivity contribution in [2.24, 2.45) is 5.73 Å². The lowest BCUT2D eigenvalue weighted by Gasteiger charge is -2.23. The Morgan fingerprint density at radius 3 is 2.59 bits per heavy atom. The molecular weight excluding hydrogens is 310 g/mol. The van der Waals surface area contributed by atoms with Gasteiger partial charge in [0.2, 0.25) is 5.91 Å². The zero-order valence-electron chi connectivity index (χ0n) is 12.4. The standard InChI is InChI=1S/C14H18ClN3O4/c1-21-11-7-9(12(22-2)6-8(11)15)17-14(20)18-5-3-4-10(18)13(16)19/h6-7,10H,3-5H2,1-2H3,(H2,16,19)(H,17,20). The van der Waals surface area contributed by atoms with Crippen LogP contribution in [0.25, 0.3) is 0 Å². The van der Waals surface area contributed by atoms with E-state index >= 15 is 0 Å². The number of nitrogens with one attached hydrogen (secondary N) is 1. The Hall–Kier alpha value is -2.15. The first-order valence-electron chi connectivity index (χ1n) is 6.76. The summed E-state index contributed by atoms with van der Waals surface area (Å²) in [5.74, 6) is 0.299. The fourth-order valence-electron chi connectivity index (χ4n) is 2.45. The van der Waals surface area contributed by atoms with Gasteiger partial charge in [-0.3, -0.25) is 4.79 Å². The number of carbonyl (C=O) groups excluding carboxylic acids is 2. The number of nitrogens with two attached hydrogens (primary N) is 1. The number of urea groups is 1. The molecule has 0 radical (unpaired) electrons. The lowest BCUT2D eigenvalue weighted by molar-refractivity contribution is -0.121. The molecule has 1 saturated heterocycles. The molecule has 2 rings (SSSR count). The molecule has 8 heteroatoms. The zero-order valence-corrected chi connectivity index (χ0v) is 13.1. The Labute approximate surface area is 133 Å². The van der Waals surface area contributed by atoms with Gasteiger partial charge < -0.3 is 25.4 Å². The first-order chi connectivity index (χ1) is 10.5. The molecule has 0 aromatic heterocycles. The number of anilines is 1. The van der Waals surface area contributed by atoms with Gasteiger partial charge in [-0.15, -0.1) is 0 Å². The van der Waals surface area contributed by atoms with Crippen LogP contribution >= 0.6 is 11.6 Å². The fourth-order valence-corrected chi connectivity index (χ4v) is 2.68. The van der Waals surface area contributed by atoms with Crippen molar-refractivity contribution in [1.29, 1.82) is 0 Å². The number of nitrogens with zero attached hydrogens (tertiary/aromatic N) is 1. The summed E-state index contributed by atoms with van der Waals surface area (Å²) >= 11 is 6.02. The van der Waals surface area contributed by atoms with Gasteiger partial charge in [0.15, 0.2) is 0 Å². The lowest BCUT2D eigenvalue weighted by atomic mass is 10.2. The van der Waals surface area contributed by atoms with E-state index in [0.29, 0.717) is 35.2 Å². The van der Waals surface area contributed by atoms with Crippen molar-refractivity contribution in [2.75, 3.05) is 26.1 Å². The van der Waals surface area contributed by atoms with Crippen LogP contribution in [0.2, 0.25) is 5.02 Å². The normalized spacial score (nSPS) is 17.2. The van der Waals surface area contributed by atoms with Crippen LogP contribution in [0, 0.1) is 0 Å².